The SMILES string of the molecule is CS(=O)(=O)NC(=O)c1cccc(C(=O)NC[C@@H]2CN[C@H](C(=O)N3CCSC3)C2)c1. The molecule has 3 amide bonds. The number of thioether (sulfide) groups is 1. The molecule has 1 aromatic carbocycles. The van der Waals surface area contributed by atoms with E-state index in [1.807, 2.05) is 9.62 Å². The van der Waals surface area contributed by atoms with E-state index in [0.29, 0.717) is 19.5 Å². The van der Waals surface area contributed by atoms with Crippen molar-refractivity contribution < 1.29 is 22.8 Å². The topological polar surface area (TPSA) is 125 Å². The molecule has 0 bridgehead atoms. The van der Waals surface area contributed by atoms with E-state index >= 15 is 0 Å². The molecule has 3 rings (SSSR count). The number of nitrogens with one attached hydrogen (secondary N) is 3. The molecule has 2 aliphatic rings. The summed E-state index contributed by atoms with van der Waals surface area (Å²) in [6, 6.07) is 5.65. The van der Waals surface area contributed by atoms with Crippen LogP contribution >= 0.6 is 11.8 Å². The summed E-state index contributed by atoms with van der Waals surface area (Å²) in [4.78, 5) is 38.7. The Kier molecular flexibility index (Phi) is 6.81. The van der Waals surface area contributed by atoms with E-state index in [1.54, 1.807) is 17.8 Å². The number of sulfonamides is 1. The van der Waals surface area contributed by atoms with Crippen molar-refractivity contribution in [1.29, 1.82) is 0 Å². The van der Waals surface area contributed by atoms with Crippen molar-refractivity contribution in [3.63, 3.8) is 0 Å². The monoisotopic (exact) mass is 440 g/mol. The number of carbonyl (C=O) groups is 3. The van der Waals surface area contributed by atoms with Gasteiger partial charge in [0.25, 0.3) is 11.8 Å². The van der Waals surface area contributed by atoms with Crippen LogP contribution in [0.5, 0.6) is 0 Å². The van der Waals surface area contributed by atoms with Gasteiger partial charge in [0.05, 0.1) is 18.2 Å². The van der Waals surface area contributed by atoms with Crippen molar-refractivity contribution in [2.75, 3.05) is 37.5 Å². The molecule has 2 heterocycles. The number of nitrogens with zero attached hydrogens (tertiary/aromatic N) is 1. The minimum atomic E-state index is -3.68. The average Bonchev–Trinajstić information content (AvgIpc) is 3.36. The average molecular weight is 441 g/mol. The fraction of sp³-hybridized carbons (Fsp3) is 0.500. The minimum Gasteiger partial charge on any atom is -0.352 e. The fourth-order valence-electron chi connectivity index (χ4n) is 3.33. The van der Waals surface area contributed by atoms with E-state index in [1.165, 1.54) is 18.2 Å². The summed E-state index contributed by atoms with van der Waals surface area (Å²) in [7, 11) is -3.68. The standard InChI is InChI=1S/C18H24N4O5S2/c1-29(26,27)21-17(24)14-4-2-3-13(8-14)16(23)20-10-12-7-15(19-9-12)18(25)22-5-6-28-11-22/h2-4,8,12,15,19H,5-7,9-11H2,1H3,(H,20,23)(H,21,24)/t12-,15-/m0/s1. The first-order valence-electron chi connectivity index (χ1n) is 9.23. The van der Waals surface area contributed by atoms with Gasteiger partial charge in [-0.15, -0.1) is 11.8 Å². The predicted molar refractivity (Wildman–Crippen MR) is 110 cm³/mol. The molecule has 3 N–H and O–H groups in total. The highest BCUT2D eigenvalue weighted by Gasteiger charge is 2.33. The number of carbonyl (C=O) groups excluding carboxylic acids is 3. The summed E-state index contributed by atoms with van der Waals surface area (Å²) in [6.45, 7) is 1.84. The van der Waals surface area contributed by atoms with Crippen LogP contribution in [-0.4, -0.2) is 74.6 Å². The van der Waals surface area contributed by atoms with E-state index in [2.05, 4.69) is 10.6 Å². The maximum atomic E-state index is 12.4. The molecule has 0 aromatic heterocycles. The first-order valence-corrected chi connectivity index (χ1v) is 12.3. The van der Waals surface area contributed by atoms with Crippen molar-refractivity contribution in [2.24, 2.45) is 5.92 Å². The Morgan fingerprint density at radius 1 is 1.24 bits per heavy atom. The molecule has 0 radical (unpaired) electrons. The second-order valence-corrected chi connectivity index (χ2v) is 10.0. The van der Waals surface area contributed by atoms with Crippen LogP contribution in [0.25, 0.3) is 0 Å². The summed E-state index contributed by atoms with van der Waals surface area (Å²) in [5.74, 6) is 0.822. The fourth-order valence-corrected chi connectivity index (χ4v) is 4.74. The number of hydrogen-bond acceptors (Lipinski definition) is 7. The summed E-state index contributed by atoms with van der Waals surface area (Å²) < 4.78 is 24.3. The van der Waals surface area contributed by atoms with E-state index in [-0.39, 0.29) is 34.9 Å². The molecule has 2 atom stereocenters. The molecular formula is C18H24N4O5S2. The Morgan fingerprint density at radius 3 is 2.62 bits per heavy atom. The van der Waals surface area contributed by atoms with Crippen LogP contribution in [0, 0.1) is 5.92 Å². The van der Waals surface area contributed by atoms with Crippen LogP contribution in [0.2, 0.25) is 0 Å². The van der Waals surface area contributed by atoms with Crippen LogP contribution in [0.1, 0.15) is 27.1 Å². The number of hydrogen-bond donors (Lipinski definition) is 3. The third-order valence-electron chi connectivity index (χ3n) is 4.80. The van der Waals surface area contributed by atoms with E-state index in [0.717, 1.165) is 24.4 Å². The van der Waals surface area contributed by atoms with Gasteiger partial charge in [0.15, 0.2) is 0 Å². The molecule has 0 aliphatic carbocycles. The highest BCUT2D eigenvalue weighted by molar-refractivity contribution is 7.99. The molecule has 0 saturated carbocycles. The lowest BCUT2D eigenvalue weighted by molar-refractivity contribution is -0.131. The number of amides is 3. The Balaban J connectivity index is 1.51. The first kappa shape index (κ1) is 21.6. The van der Waals surface area contributed by atoms with Crippen molar-refractivity contribution in [1.82, 2.24) is 20.3 Å². The lowest BCUT2D eigenvalue weighted by Gasteiger charge is -2.19. The Morgan fingerprint density at radius 2 is 1.97 bits per heavy atom. The number of rotatable bonds is 6. The molecule has 2 aliphatic heterocycles. The number of benzene rings is 1. The predicted octanol–water partition coefficient (Wildman–Crippen LogP) is -0.383. The van der Waals surface area contributed by atoms with Crippen molar-refractivity contribution in [3.05, 3.63) is 35.4 Å². The third kappa shape index (κ3) is 5.94. The van der Waals surface area contributed by atoms with Gasteiger partial charge in [-0.2, -0.15) is 0 Å². The van der Waals surface area contributed by atoms with Crippen LogP contribution in [0.3, 0.4) is 0 Å². The molecule has 2 fully saturated rings. The molecule has 2 saturated heterocycles. The zero-order valence-corrected chi connectivity index (χ0v) is 17.6. The smallest absolute Gasteiger partial charge is 0.264 e. The zero-order valence-electron chi connectivity index (χ0n) is 16.0. The molecule has 11 heteroatoms. The maximum absolute atomic E-state index is 12.4. The van der Waals surface area contributed by atoms with Gasteiger partial charge >= 0.3 is 0 Å². The van der Waals surface area contributed by atoms with E-state index < -0.39 is 15.9 Å². The zero-order chi connectivity index (χ0) is 21.0. The van der Waals surface area contributed by atoms with Gasteiger partial charge in [-0.25, -0.2) is 13.1 Å². The van der Waals surface area contributed by atoms with Gasteiger partial charge < -0.3 is 15.5 Å². The summed E-state index contributed by atoms with van der Waals surface area (Å²) in [5.41, 5.74) is 0.346. The Bertz CT molecular complexity index is 899. The second kappa shape index (κ2) is 9.14. The van der Waals surface area contributed by atoms with Crippen molar-refractivity contribution in [2.45, 2.75) is 12.5 Å². The van der Waals surface area contributed by atoms with Crippen molar-refractivity contribution in [3.8, 4) is 0 Å². The third-order valence-corrected chi connectivity index (χ3v) is 6.32. The maximum Gasteiger partial charge on any atom is 0.264 e. The summed E-state index contributed by atoms with van der Waals surface area (Å²) in [5, 5.41) is 6.06. The molecule has 158 valence electrons. The van der Waals surface area contributed by atoms with Gasteiger partial charge in [-0.1, -0.05) is 6.07 Å². The van der Waals surface area contributed by atoms with E-state index in [9.17, 15) is 22.8 Å². The second-order valence-electron chi connectivity index (χ2n) is 7.20. The van der Waals surface area contributed by atoms with Crippen LogP contribution in [0.15, 0.2) is 24.3 Å². The molecule has 1 aromatic rings. The lowest BCUT2D eigenvalue weighted by Crippen LogP contribution is -2.42. The van der Waals surface area contributed by atoms with Crippen LogP contribution < -0.4 is 15.4 Å². The molecule has 0 unspecified atom stereocenters. The van der Waals surface area contributed by atoms with Gasteiger partial charge in [-0.05, 0) is 30.5 Å². The highest BCUT2D eigenvalue weighted by Crippen LogP contribution is 2.20. The van der Waals surface area contributed by atoms with Crippen LogP contribution in [-0.2, 0) is 14.8 Å². The summed E-state index contributed by atoms with van der Waals surface area (Å²) >= 11 is 1.75. The Labute approximate surface area is 174 Å². The molecule has 29 heavy (non-hydrogen) atoms. The Hall–Kier alpha value is -2.11. The van der Waals surface area contributed by atoms with Crippen LogP contribution in [0.4, 0.5) is 0 Å². The van der Waals surface area contributed by atoms with E-state index in [4.69, 9.17) is 0 Å². The van der Waals surface area contributed by atoms with Gasteiger partial charge in [0.1, 0.15) is 0 Å². The van der Waals surface area contributed by atoms with Crippen molar-refractivity contribution >= 4 is 39.5 Å². The highest BCUT2D eigenvalue weighted by atomic mass is 32.2. The van der Waals surface area contributed by atoms with Gasteiger partial charge in [0.2, 0.25) is 15.9 Å². The molecule has 0 spiro atoms. The largest absolute Gasteiger partial charge is 0.352 e. The normalized spacial score (nSPS) is 21.8. The van der Waals surface area contributed by atoms with Gasteiger partial charge in [-0.3, -0.25) is 14.4 Å². The molecule has 9 nitrogen and oxygen atoms in total. The first-order chi connectivity index (χ1) is 13.7. The quantitative estimate of drug-likeness (QED) is 0.551. The summed E-state index contributed by atoms with van der Waals surface area (Å²) in [6.07, 6.45) is 1.55. The van der Waals surface area contributed by atoms with Gasteiger partial charge in [0, 0.05) is 36.5 Å². The minimum absolute atomic E-state index is 0.0831. The lowest BCUT2D eigenvalue weighted by atomic mass is 10.0. The molecular weight excluding hydrogens is 416 g/mol.